The lowest BCUT2D eigenvalue weighted by Crippen LogP contribution is -2.27. The van der Waals surface area contributed by atoms with Crippen LogP contribution < -0.4 is 15.7 Å². The van der Waals surface area contributed by atoms with Crippen LogP contribution in [0.4, 0.5) is 0 Å². The normalized spacial score (nSPS) is 11.3. The van der Waals surface area contributed by atoms with E-state index in [-0.39, 0.29) is 5.76 Å². The van der Waals surface area contributed by atoms with E-state index in [4.69, 9.17) is 13.9 Å². The molecule has 0 saturated carbocycles. The molecule has 0 radical (unpaired) electrons. The van der Waals surface area contributed by atoms with Gasteiger partial charge in [0.05, 0.1) is 7.11 Å². The molecule has 1 N–H and O–H groups in total. The summed E-state index contributed by atoms with van der Waals surface area (Å²) in [5.74, 6) is -0.0483. The van der Waals surface area contributed by atoms with Crippen molar-refractivity contribution in [2.24, 2.45) is 0 Å². The van der Waals surface area contributed by atoms with Crippen LogP contribution in [0, 0.1) is 6.92 Å². The number of ether oxygens (including phenoxy) is 2. The number of carbonyl (C=O) groups excluding carboxylic acids is 1. The second-order valence-corrected chi connectivity index (χ2v) is 6.13. The minimum atomic E-state index is -0.459. The third kappa shape index (κ3) is 4.06. The largest absolute Gasteiger partial charge is 0.500 e. The number of rotatable bonds is 6. The Balaban J connectivity index is 2.05. The molecule has 6 nitrogen and oxygen atoms in total. The van der Waals surface area contributed by atoms with Crippen molar-refractivity contribution in [1.29, 1.82) is 0 Å². The van der Waals surface area contributed by atoms with Gasteiger partial charge in [0, 0.05) is 29.6 Å². The quantitative estimate of drug-likeness (QED) is 0.401. The van der Waals surface area contributed by atoms with Crippen molar-refractivity contribution >= 4 is 16.9 Å². The van der Waals surface area contributed by atoms with Crippen molar-refractivity contribution in [2.75, 3.05) is 13.7 Å². The summed E-state index contributed by atoms with van der Waals surface area (Å²) in [4.78, 5) is 24.2. The van der Waals surface area contributed by atoms with Gasteiger partial charge in [-0.3, -0.25) is 4.79 Å². The van der Waals surface area contributed by atoms with Gasteiger partial charge in [-0.15, -0.1) is 0 Å². The van der Waals surface area contributed by atoms with Gasteiger partial charge in [0.25, 0.3) is 5.91 Å². The Morgan fingerprint density at radius 1 is 1.14 bits per heavy atom. The van der Waals surface area contributed by atoms with Crippen molar-refractivity contribution in [3.05, 3.63) is 76.5 Å². The molecule has 0 fully saturated rings. The summed E-state index contributed by atoms with van der Waals surface area (Å²) in [5, 5.41) is 3.42. The average Bonchev–Trinajstić information content (AvgIpc) is 2.67. The number of nitrogens with one attached hydrogen (secondary N) is 1. The third-order valence-electron chi connectivity index (χ3n) is 4.17. The third-order valence-corrected chi connectivity index (χ3v) is 4.17. The van der Waals surface area contributed by atoms with Gasteiger partial charge in [0.15, 0.2) is 0 Å². The highest BCUT2D eigenvalue weighted by Gasteiger charge is 2.14. The number of fused-ring (bicyclic) bond motifs is 1. The molecule has 3 rings (SSSR count). The summed E-state index contributed by atoms with van der Waals surface area (Å²) in [6, 6.07) is 14.4. The highest BCUT2D eigenvalue weighted by atomic mass is 16.5. The molecule has 0 atom stereocenters. The first-order chi connectivity index (χ1) is 13.5. The van der Waals surface area contributed by atoms with Gasteiger partial charge in [-0.25, -0.2) is 4.79 Å². The second-order valence-electron chi connectivity index (χ2n) is 6.13. The van der Waals surface area contributed by atoms with E-state index in [0.29, 0.717) is 17.9 Å². The molecular formula is C22H21NO5. The van der Waals surface area contributed by atoms with E-state index in [0.717, 1.165) is 22.1 Å². The van der Waals surface area contributed by atoms with Crippen LogP contribution in [0.5, 0.6) is 5.75 Å². The predicted molar refractivity (Wildman–Crippen MR) is 107 cm³/mol. The van der Waals surface area contributed by atoms with E-state index in [9.17, 15) is 9.59 Å². The van der Waals surface area contributed by atoms with Crippen molar-refractivity contribution < 1.29 is 18.7 Å². The van der Waals surface area contributed by atoms with Gasteiger partial charge in [-0.1, -0.05) is 24.3 Å². The van der Waals surface area contributed by atoms with E-state index < -0.39 is 11.5 Å². The van der Waals surface area contributed by atoms with Crippen LogP contribution in [0.3, 0.4) is 0 Å². The summed E-state index contributed by atoms with van der Waals surface area (Å²) >= 11 is 0. The fraction of sp³-hybridized carbons (Fsp3) is 0.182. The molecule has 0 bridgehead atoms. The number of likely N-dealkylation sites (N-methyl/N-ethyl adjacent to an activating group) is 1. The lowest BCUT2D eigenvalue weighted by Gasteiger charge is -2.12. The van der Waals surface area contributed by atoms with Gasteiger partial charge < -0.3 is 19.2 Å². The molecule has 0 aliphatic heterocycles. The zero-order valence-electron chi connectivity index (χ0n) is 15.9. The molecule has 1 heterocycles. The highest BCUT2D eigenvalue weighted by Crippen LogP contribution is 2.31. The number of hydrogen-bond donors (Lipinski definition) is 1. The standard InChI is InChI=1S/C22H21NO5/c1-4-23-22(25)20(13-26-3)27-15-9-10-17-18(12-21(24)28-19(17)11-15)16-8-6-5-7-14(16)2/h5-13H,4H2,1-3H3,(H,23,25). The first-order valence-corrected chi connectivity index (χ1v) is 8.86. The van der Waals surface area contributed by atoms with Crippen LogP contribution in [-0.4, -0.2) is 19.6 Å². The topological polar surface area (TPSA) is 77.8 Å². The van der Waals surface area contributed by atoms with Gasteiger partial charge >= 0.3 is 5.63 Å². The first kappa shape index (κ1) is 19.2. The maximum Gasteiger partial charge on any atom is 0.336 e. The Kier molecular flexibility index (Phi) is 5.79. The van der Waals surface area contributed by atoms with Crippen LogP contribution in [0.2, 0.25) is 0 Å². The number of benzene rings is 2. The predicted octanol–water partition coefficient (Wildman–Crippen LogP) is 3.77. The number of amides is 1. The van der Waals surface area contributed by atoms with Gasteiger partial charge in [-0.2, -0.15) is 0 Å². The molecule has 28 heavy (non-hydrogen) atoms. The maximum atomic E-state index is 12.1. The van der Waals surface area contributed by atoms with Gasteiger partial charge in [0.2, 0.25) is 5.76 Å². The van der Waals surface area contributed by atoms with E-state index in [1.807, 2.05) is 31.2 Å². The lowest BCUT2D eigenvalue weighted by atomic mass is 9.98. The molecule has 0 saturated heterocycles. The second kappa shape index (κ2) is 8.43. The van der Waals surface area contributed by atoms with E-state index >= 15 is 0 Å². The smallest absolute Gasteiger partial charge is 0.336 e. The Morgan fingerprint density at radius 2 is 1.93 bits per heavy atom. The van der Waals surface area contributed by atoms with Crippen molar-refractivity contribution in [3.63, 3.8) is 0 Å². The molecule has 6 heteroatoms. The molecule has 0 aliphatic rings. The Morgan fingerprint density at radius 3 is 2.64 bits per heavy atom. The molecular weight excluding hydrogens is 358 g/mol. The summed E-state index contributed by atoms with van der Waals surface area (Å²) < 4.78 is 15.9. The fourth-order valence-electron chi connectivity index (χ4n) is 2.91. The fourth-order valence-corrected chi connectivity index (χ4v) is 2.91. The van der Waals surface area contributed by atoms with Crippen LogP contribution >= 0.6 is 0 Å². The van der Waals surface area contributed by atoms with Crippen LogP contribution in [-0.2, 0) is 9.53 Å². The highest BCUT2D eigenvalue weighted by molar-refractivity contribution is 5.95. The van der Waals surface area contributed by atoms with Crippen LogP contribution in [0.1, 0.15) is 12.5 Å². The monoisotopic (exact) mass is 379 g/mol. The number of aryl methyl sites for hydroxylation is 1. The molecule has 1 amide bonds. The molecule has 144 valence electrons. The Bertz CT molecular complexity index is 1100. The van der Waals surface area contributed by atoms with E-state index in [2.05, 4.69) is 5.32 Å². The van der Waals surface area contributed by atoms with Gasteiger partial charge in [-0.05, 0) is 37.1 Å². The summed E-state index contributed by atoms with van der Waals surface area (Å²) in [5.41, 5.74) is 2.70. The lowest BCUT2D eigenvalue weighted by molar-refractivity contribution is -0.119. The summed E-state index contributed by atoms with van der Waals surface area (Å²) in [6.07, 6.45) is 1.22. The molecule has 3 aromatic rings. The van der Waals surface area contributed by atoms with Crippen molar-refractivity contribution in [1.82, 2.24) is 5.32 Å². The zero-order valence-corrected chi connectivity index (χ0v) is 15.9. The van der Waals surface area contributed by atoms with Crippen molar-refractivity contribution in [2.45, 2.75) is 13.8 Å². The molecule has 0 aliphatic carbocycles. The molecule has 1 aromatic heterocycles. The molecule has 0 unspecified atom stereocenters. The summed E-state index contributed by atoms with van der Waals surface area (Å²) in [6.45, 7) is 4.25. The maximum absolute atomic E-state index is 12.1. The Labute approximate surface area is 162 Å². The zero-order chi connectivity index (χ0) is 20.1. The van der Waals surface area contributed by atoms with E-state index in [1.165, 1.54) is 19.4 Å². The SMILES string of the molecule is CCNC(=O)C(=COC)Oc1ccc2c(-c3ccccc3C)cc(=O)oc2c1. The first-order valence-electron chi connectivity index (χ1n) is 8.86. The summed E-state index contributed by atoms with van der Waals surface area (Å²) in [7, 11) is 1.43. The van der Waals surface area contributed by atoms with Crippen LogP contribution in [0.25, 0.3) is 22.1 Å². The number of carbonyl (C=O) groups is 1. The van der Waals surface area contributed by atoms with Gasteiger partial charge in [0.1, 0.15) is 17.6 Å². The van der Waals surface area contributed by atoms with E-state index in [1.54, 1.807) is 25.1 Å². The number of methoxy groups -OCH3 is 1. The van der Waals surface area contributed by atoms with Crippen LogP contribution in [0.15, 0.2) is 69.8 Å². The molecule has 0 spiro atoms. The Hall–Kier alpha value is -3.54. The molecule has 2 aromatic carbocycles. The minimum absolute atomic E-state index is 0.00102. The average molecular weight is 379 g/mol. The van der Waals surface area contributed by atoms with Crippen molar-refractivity contribution in [3.8, 4) is 16.9 Å². The number of hydrogen-bond acceptors (Lipinski definition) is 5. The minimum Gasteiger partial charge on any atom is -0.500 e.